The maximum atomic E-state index is 11.7. The normalized spacial score (nSPS) is 18.6. The van der Waals surface area contributed by atoms with Gasteiger partial charge in [-0.15, -0.1) is 0 Å². The van der Waals surface area contributed by atoms with Gasteiger partial charge in [-0.2, -0.15) is 0 Å². The van der Waals surface area contributed by atoms with Crippen molar-refractivity contribution in [3.63, 3.8) is 0 Å². The smallest absolute Gasteiger partial charge is 0.224 e. The fourth-order valence-corrected chi connectivity index (χ4v) is 1.97. The molecule has 106 valence electrons. The summed E-state index contributed by atoms with van der Waals surface area (Å²) in [4.78, 5) is 13.4. The fraction of sp³-hybridized carbons (Fsp3) is 0.923. The average Bonchev–Trinajstić information content (AvgIpc) is 2.37. The molecule has 1 rings (SSSR count). The van der Waals surface area contributed by atoms with Gasteiger partial charge >= 0.3 is 0 Å². The Bertz CT molecular complexity index is 240. The van der Waals surface area contributed by atoms with Crippen LogP contribution >= 0.6 is 0 Å². The van der Waals surface area contributed by atoms with Crippen LogP contribution in [0.2, 0.25) is 0 Å². The van der Waals surface area contributed by atoms with E-state index in [1.807, 2.05) is 0 Å². The number of carbonyl (C=O) groups is 1. The van der Waals surface area contributed by atoms with Crippen LogP contribution in [0.5, 0.6) is 0 Å². The molecule has 1 atom stereocenters. The lowest BCUT2D eigenvalue weighted by Gasteiger charge is -2.23. The van der Waals surface area contributed by atoms with E-state index in [1.165, 1.54) is 0 Å². The number of hydrogen-bond acceptors (Lipinski definition) is 4. The number of ether oxygens (including phenoxy) is 1. The molecule has 0 aromatic rings. The summed E-state index contributed by atoms with van der Waals surface area (Å²) in [6.45, 7) is 4.85. The Morgan fingerprint density at radius 2 is 2.17 bits per heavy atom. The Morgan fingerprint density at radius 1 is 1.50 bits per heavy atom. The van der Waals surface area contributed by atoms with E-state index in [9.17, 15) is 4.79 Å². The van der Waals surface area contributed by atoms with Gasteiger partial charge in [0, 0.05) is 13.6 Å². The first-order valence-electron chi connectivity index (χ1n) is 6.84. The maximum Gasteiger partial charge on any atom is 0.224 e. The number of hydrogen-bond donors (Lipinski definition) is 2. The van der Waals surface area contributed by atoms with Crippen LogP contribution in [0.25, 0.3) is 0 Å². The molecule has 2 N–H and O–H groups in total. The van der Waals surface area contributed by atoms with E-state index in [-0.39, 0.29) is 12.0 Å². The molecule has 0 spiro atoms. The number of carbonyl (C=O) groups excluding carboxylic acids is 1. The molecule has 5 heteroatoms. The van der Waals surface area contributed by atoms with E-state index >= 15 is 0 Å². The van der Waals surface area contributed by atoms with Gasteiger partial charge < -0.3 is 20.1 Å². The number of piperidine rings is 1. The second-order valence-corrected chi connectivity index (χ2v) is 5.02. The summed E-state index contributed by atoms with van der Waals surface area (Å²) in [5.41, 5.74) is 0. The minimum atomic E-state index is -0.355. The molecule has 1 heterocycles. The standard InChI is InChI=1S/C13H26N2O3/c1-11(16)5-9-15(2)13(17)6-10-18-12-3-7-14-8-4-12/h11-12,14,16H,3-10H2,1-2H3. The van der Waals surface area contributed by atoms with Crippen molar-refractivity contribution < 1.29 is 14.6 Å². The van der Waals surface area contributed by atoms with E-state index in [0.717, 1.165) is 25.9 Å². The van der Waals surface area contributed by atoms with Gasteiger partial charge in [0.05, 0.1) is 25.2 Å². The number of rotatable bonds is 7. The summed E-state index contributed by atoms with van der Waals surface area (Å²) in [6, 6.07) is 0. The summed E-state index contributed by atoms with van der Waals surface area (Å²) in [6.07, 6.45) is 3.07. The summed E-state index contributed by atoms with van der Waals surface area (Å²) in [7, 11) is 1.77. The van der Waals surface area contributed by atoms with Crippen molar-refractivity contribution in [3.8, 4) is 0 Å². The van der Waals surface area contributed by atoms with E-state index in [0.29, 0.717) is 32.1 Å². The molecular weight excluding hydrogens is 232 g/mol. The second-order valence-electron chi connectivity index (χ2n) is 5.02. The first-order chi connectivity index (χ1) is 8.59. The van der Waals surface area contributed by atoms with Gasteiger partial charge in [0.2, 0.25) is 5.91 Å². The second kappa shape index (κ2) is 8.45. The molecule has 1 saturated heterocycles. The van der Waals surface area contributed by atoms with Crippen LogP contribution in [0.4, 0.5) is 0 Å². The average molecular weight is 258 g/mol. The fourth-order valence-electron chi connectivity index (χ4n) is 1.97. The Labute approximate surface area is 109 Å². The summed E-state index contributed by atoms with van der Waals surface area (Å²) >= 11 is 0. The van der Waals surface area contributed by atoms with Crippen molar-refractivity contribution in [1.29, 1.82) is 0 Å². The van der Waals surface area contributed by atoms with Gasteiger partial charge in [0.15, 0.2) is 0 Å². The predicted octanol–water partition coefficient (Wildman–Crippen LogP) is 0.374. The third-order valence-electron chi connectivity index (χ3n) is 3.26. The topological polar surface area (TPSA) is 61.8 Å². The van der Waals surface area contributed by atoms with Crippen LogP contribution in [0.15, 0.2) is 0 Å². The lowest BCUT2D eigenvalue weighted by molar-refractivity contribution is -0.131. The molecule has 1 amide bonds. The van der Waals surface area contributed by atoms with Crippen LogP contribution in [-0.2, 0) is 9.53 Å². The van der Waals surface area contributed by atoms with Crippen LogP contribution in [-0.4, -0.2) is 61.4 Å². The minimum Gasteiger partial charge on any atom is -0.393 e. The van der Waals surface area contributed by atoms with Gasteiger partial charge in [0.25, 0.3) is 0 Å². The van der Waals surface area contributed by atoms with Crippen molar-refractivity contribution in [2.45, 2.75) is 44.8 Å². The molecule has 0 aromatic carbocycles. The first-order valence-corrected chi connectivity index (χ1v) is 6.84. The summed E-state index contributed by atoms with van der Waals surface area (Å²) < 4.78 is 5.69. The van der Waals surface area contributed by atoms with E-state index in [2.05, 4.69) is 5.32 Å². The van der Waals surface area contributed by atoms with Crippen LogP contribution in [0, 0.1) is 0 Å². The van der Waals surface area contributed by atoms with E-state index < -0.39 is 0 Å². The Kier molecular flexibility index (Phi) is 7.23. The van der Waals surface area contributed by atoms with E-state index in [4.69, 9.17) is 9.84 Å². The van der Waals surface area contributed by atoms with Gasteiger partial charge in [-0.3, -0.25) is 4.79 Å². The molecule has 0 bridgehead atoms. The zero-order valence-corrected chi connectivity index (χ0v) is 11.5. The highest BCUT2D eigenvalue weighted by Crippen LogP contribution is 2.07. The zero-order chi connectivity index (χ0) is 13.4. The van der Waals surface area contributed by atoms with Gasteiger partial charge in [-0.1, -0.05) is 0 Å². The van der Waals surface area contributed by atoms with Crippen LogP contribution < -0.4 is 5.32 Å². The highest BCUT2D eigenvalue weighted by molar-refractivity contribution is 5.75. The zero-order valence-electron chi connectivity index (χ0n) is 11.5. The molecule has 0 aromatic heterocycles. The van der Waals surface area contributed by atoms with Crippen molar-refractivity contribution in [1.82, 2.24) is 10.2 Å². The summed E-state index contributed by atoms with van der Waals surface area (Å²) in [5.74, 6) is 0.0876. The monoisotopic (exact) mass is 258 g/mol. The van der Waals surface area contributed by atoms with Crippen molar-refractivity contribution in [2.24, 2.45) is 0 Å². The summed E-state index contributed by atoms with van der Waals surface area (Å²) in [5, 5.41) is 12.4. The molecule has 1 aliphatic heterocycles. The third kappa shape index (κ3) is 6.33. The lowest BCUT2D eigenvalue weighted by Crippen LogP contribution is -2.34. The predicted molar refractivity (Wildman–Crippen MR) is 70.4 cm³/mol. The SMILES string of the molecule is CC(O)CCN(C)C(=O)CCOC1CCNCC1. The Morgan fingerprint density at radius 3 is 2.78 bits per heavy atom. The molecule has 18 heavy (non-hydrogen) atoms. The Hall–Kier alpha value is -0.650. The van der Waals surface area contributed by atoms with Crippen molar-refractivity contribution in [2.75, 3.05) is 33.3 Å². The van der Waals surface area contributed by atoms with Gasteiger partial charge in [-0.25, -0.2) is 0 Å². The van der Waals surface area contributed by atoms with Crippen molar-refractivity contribution in [3.05, 3.63) is 0 Å². The minimum absolute atomic E-state index is 0.0876. The van der Waals surface area contributed by atoms with Crippen LogP contribution in [0.1, 0.15) is 32.6 Å². The van der Waals surface area contributed by atoms with Crippen molar-refractivity contribution >= 4 is 5.91 Å². The molecule has 1 aliphatic rings. The number of aliphatic hydroxyl groups is 1. The maximum absolute atomic E-state index is 11.7. The van der Waals surface area contributed by atoms with E-state index in [1.54, 1.807) is 18.9 Å². The quantitative estimate of drug-likeness (QED) is 0.693. The highest BCUT2D eigenvalue weighted by atomic mass is 16.5. The Balaban J connectivity index is 2.08. The number of nitrogens with zero attached hydrogens (tertiary/aromatic N) is 1. The molecule has 1 fully saturated rings. The number of amides is 1. The van der Waals surface area contributed by atoms with Gasteiger partial charge in [-0.05, 0) is 39.3 Å². The largest absolute Gasteiger partial charge is 0.393 e. The van der Waals surface area contributed by atoms with Crippen LogP contribution in [0.3, 0.4) is 0 Å². The molecule has 5 nitrogen and oxygen atoms in total. The first kappa shape index (κ1) is 15.4. The molecule has 1 unspecified atom stereocenters. The number of nitrogens with one attached hydrogen (secondary N) is 1. The van der Waals surface area contributed by atoms with Gasteiger partial charge in [0.1, 0.15) is 0 Å². The third-order valence-corrected chi connectivity index (χ3v) is 3.26. The molecule has 0 saturated carbocycles. The molecule has 0 aliphatic carbocycles. The highest BCUT2D eigenvalue weighted by Gasteiger charge is 2.14. The lowest BCUT2D eigenvalue weighted by atomic mass is 10.1. The molecule has 0 radical (unpaired) electrons. The number of aliphatic hydroxyl groups excluding tert-OH is 1. The molecular formula is C13H26N2O3.